The summed E-state index contributed by atoms with van der Waals surface area (Å²) in [6.45, 7) is 5.83. The number of thiazole rings is 1. The molecule has 1 heterocycles. The molecular weight excluding hydrogens is 268 g/mol. The van der Waals surface area contributed by atoms with E-state index >= 15 is 0 Å². The molecule has 0 atom stereocenters. The van der Waals surface area contributed by atoms with E-state index in [9.17, 15) is 4.79 Å². The summed E-state index contributed by atoms with van der Waals surface area (Å²) in [6.07, 6.45) is 3.75. The molecule has 4 heteroatoms. The van der Waals surface area contributed by atoms with Gasteiger partial charge in [-0.05, 0) is 25.0 Å². The lowest BCUT2D eigenvalue weighted by Crippen LogP contribution is -2.32. The maximum atomic E-state index is 12.6. The van der Waals surface area contributed by atoms with E-state index in [0.717, 1.165) is 42.1 Å². The monoisotopic (exact) mass is 288 g/mol. The third kappa shape index (κ3) is 3.45. The fraction of sp³-hybridized carbons (Fsp3) is 0.375. The number of aromatic nitrogens is 1. The van der Waals surface area contributed by atoms with Crippen LogP contribution in [0.2, 0.25) is 0 Å². The number of rotatable bonds is 6. The predicted molar refractivity (Wildman–Crippen MR) is 84.0 cm³/mol. The zero-order valence-corrected chi connectivity index (χ0v) is 12.8. The summed E-state index contributed by atoms with van der Waals surface area (Å²) < 4.78 is 0. The van der Waals surface area contributed by atoms with Crippen LogP contribution in [0.15, 0.2) is 35.8 Å². The van der Waals surface area contributed by atoms with Gasteiger partial charge in [0.25, 0.3) is 5.91 Å². The topological polar surface area (TPSA) is 33.2 Å². The van der Waals surface area contributed by atoms with Crippen LogP contribution < -0.4 is 0 Å². The summed E-state index contributed by atoms with van der Waals surface area (Å²) in [7, 11) is 0. The zero-order chi connectivity index (χ0) is 14.4. The molecule has 0 aliphatic carbocycles. The molecule has 0 radical (unpaired) electrons. The van der Waals surface area contributed by atoms with Crippen molar-refractivity contribution in [3.05, 3.63) is 41.4 Å². The first-order chi connectivity index (χ1) is 9.76. The van der Waals surface area contributed by atoms with E-state index in [1.807, 2.05) is 34.5 Å². The molecule has 0 aliphatic rings. The first-order valence-electron chi connectivity index (χ1n) is 7.05. The van der Waals surface area contributed by atoms with Gasteiger partial charge in [0.1, 0.15) is 5.01 Å². The number of benzene rings is 1. The Morgan fingerprint density at radius 2 is 2.00 bits per heavy atom. The molecule has 0 fully saturated rings. The van der Waals surface area contributed by atoms with Crippen molar-refractivity contribution in [1.29, 1.82) is 0 Å². The lowest BCUT2D eigenvalue weighted by Gasteiger charge is -2.21. The van der Waals surface area contributed by atoms with E-state index in [-0.39, 0.29) is 5.91 Å². The Hall–Kier alpha value is -1.68. The first kappa shape index (κ1) is 14.7. The van der Waals surface area contributed by atoms with Gasteiger partial charge in [0.05, 0.1) is 0 Å². The molecule has 0 saturated heterocycles. The number of nitrogens with zero attached hydrogens (tertiary/aromatic N) is 2. The second-order valence-corrected chi connectivity index (χ2v) is 5.60. The molecule has 0 unspecified atom stereocenters. The summed E-state index contributed by atoms with van der Waals surface area (Å²) in [4.78, 5) is 18.8. The lowest BCUT2D eigenvalue weighted by molar-refractivity contribution is 0.0755. The van der Waals surface area contributed by atoms with Crippen molar-refractivity contribution in [3.8, 4) is 10.6 Å². The quantitative estimate of drug-likeness (QED) is 0.802. The van der Waals surface area contributed by atoms with Crippen LogP contribution in [0.1, 0.15) is 37.0 Å². The van der Waals surface area contributed by atoms with Gasteiger partial charge in [0.2, 0.25) is 0 Å². The van der Waals surface area contributed by atoms with Crippen LogP contribution in [0, 0.1) is 0 Å². The molecule has 0 saturated carbocycles. The molecule has 1 aromatic heterocycles. The Morgan fingerprint density at radius 3 is 2.60 bits per heavy atom. The summed E-state index contributed by atoms with van der Waals surface area (Å²) >= 11 is 1.59. The van der Waals surface area contributed by atoms with Gasteiger partial charge < -0.3 is 4.90 Å². The van der Waals surface area contributed by atoms with Gasteiger partial charge >= 0.3 is 0 Å². The molecule has 0 N–H and O–H groups in total. The SMILES string of the molecule is CCCN(CCC)C(=O)c1cccc(-c2nccs2)c1. The molecule has 0 aliphatic heterocycles. The van der Waals surface area contributed by atoms with Crippen LogP contribution >= 0.6 is 11.3 Å². The second-order valence-electron chi connectivity index (χ2n) is 4.71. The molecule has 20 heavy (non-hydrogen) atoms. The van der Waals surface area contributed by atoms with E-state index < -0.39 is 0 Å². The summed E-state index contributed by atoms with van der Waals surface area (Å²) in [6, 6.07) is 7.76. The Balaban J connectivity index is 2.23. The molecule has 2 rings (SSSR count). The van der Waals surface area contributed by atoms with Crippen LogP contribution in [0.4, 0.5) is 0 Å². The fourth-order valence-electron chi connectivity index (χ4n) is 2.19. The lowest BCUT2D eigenvalue weighted by atomic mass is 10.1. The normalized spacial score (nSPS) is 10.5. The molecule has 3 nitrogen and oxygen atoms in total. The molecule has 0 spiro atoms. The molecule has 1 amide bonds. The molecule has 2 aromatic rings. The summed E-state index contributed by atoms with van der Waals surface area (Å²) in [5, 5.41) is 2.90. The minimum absolute atomic E-state index is 0.118. The van der Waals surface area contributed by atoms with Crippen LogP contribution in [-0.4, -0.2) is 28.9 Å². The van der Waals surface area contributed by atoms with Crippen molar-refractivity contribution in [1.82, 2.24) is 9.88 Å². The second kappa shape index (κ2) is 7.20. The van der Waals surface area contributed by atoms with Gasteiger partial charge in [0.15, 0.2) is 0 Å². The predicted octanol–water partition coefficient (Wildman–Crippen LogP) is 4.07. The molecule has 106 valence electrons. The minimum Gasteiger partial charge on any atom is -0.339 e. The van der Waals surface area contributed by atoms with Gasteiger partial charge in [-0.2, -0.15) is 0 Å². The van der Waals surface area contributed by atoms with Gasteiger partial charge in [-0.25, -0.2) is 4.98 Å². The van der Waals surface area contributed by atoms with Crippen molar-refractivity contribution >= 4 is 17.2 Å². The Kier molecular flexibility index (Phi) is 5.30. The van der Waals surface area contributed by atoms with Crippen LogP contribution in [0.5, 0.6) is 0 Å². The molecule has 0 bridgehead atoms. The van der Waals surface area contributed by atoms with Crippen molar-refractivity contribution in [2.75, 3.05) is 13.1 Å². The van der Waals surface area contributed by atoms with Gasteiger partial charge in [0, 0.05) is 35.8 Å². The van der Waals surface area contributed by atoms with Crippen molar-refractivity contribution in [2.24, 2.45) is 0 Å². The smallest absolute Gasteiger partial charge is 0.253 e. The minimum atomic E-state index is 0.118. The zero-order valence-electron chi connectivity index (χ0n) is 12.0. The summed E-state index contributed by atoms with van der Waals surface area (Å²) in [5.41, 5.74) is 1.76. The Morgan fingerprint density at radius 1 is 1.25 bits per heavy atom. The third-order valence-corrected chi connectivity index (χ3v) is 3.89. The van der Waals surface area contributed by atoms with Crippen LogP contribution in [0.25, 0.3) is 10.6 Å². The van der Waals surface area contributed by atoms with Gasteiger partial charge in [-0.1, -0.05) is 26.0 Å². The average Bonchev–Trinajstić information content (AvgIpc) is 3.01. The number of carbonyl (C=O) groups excluding carboxylic acids is 1. The highest BCUT2D eigenvalue weighted by molar-refractivity contribution is 7.13. The van der Waals surface area contributed by atoms with E-state index in [2.05, 4.69) is 18.8 Å². The van der Waals surface area contributed by atoms with Crippen LogP contribution in [0.3, 0.4) is 0 Å². The van der Waals surface area contributed by atoms with Gasteiger partial charge in [-0.15, -0.1) is 11.3 Å². The highest BCUT2D eigenvalue weighted by atomic mass is 32.1. The Bertz CT molecular complexity index is 545. The molecule has 1 aromatic carbocycles. The number of hydrogen-bond donors (Lipinski definition) is 0. The van der Waals surface area contributed by atoms with Crippen LogP contribution in [-0.2, 0) is 0 Å². The number of amides is 1. The highest BCUT2D eigenvalue weighted by Gasteiger charge is 2.15. The van der Waals surface area contributed by atoms with Crippen molar-refractivity contribution < 1.29 is 4.79 Å². The van der Waals surface area contributed by atoms with E-state index in [4.69, 9.17) is 0 Å². The maximum Gasteiger partial charge on any atom is 0.253 e. The van der Waals surface area contributed by atoms with E-state index in [0.29, 0.717) is 0 Å². The average molecular weight is 288 g/mol. The van der Waals surface area contributed by atoms with E-state index in [1.54, 1.807) is 17.5 Å². The third-order valence-electron chi connectivity index (χ3n) is 3.06. The van der Waals surface area contributed by atoms with E-state index in [1.165, 1.54) is 0 Å². The standard InChI is InChI=1S/C16H20N2OS/c1-3-9-18(10-4-2)16(19)14-7-5-6-13(12-14)15-17-8-11-20-15/h5-8,11-12H,3-4,9-10H2,1-2H3. The Labute approximate surface area is 124 Å². The fourth-order valence-corrected chi connectivity index (χ4v) is 2.82. The summed E-state index contributed by atoms with van der Waals surface area (Å²) in [5.74, 6) is 0.118. The first-order valence-corrected chi connectivity index (χ1v) is 7.93. The van der Waals surface area contributed by atoms with Crippen molar-refractivity contribution in [3.63, 3.8) is 0 Å². The number of hydrogen-bond acceptors (Lipinski definition) is 3. The largest absolute Gasteiger partial charge is 0.339 e. The highest BCUT2D eigenvalue weighted by Crippen LogP contribution is 2.23. The molecular formula is C16H20N2OS. The van der Waals surface area contributed by atoms with Gasteiger partial charge in [-0.3, -0.25) is 4.79 Å². The number of carbonyl (C=O) groups is 1. The maximum absolute atomic E-state index is 12.6. The van der Waals surface area contributed by atoms with Crippen molar-refractivity contribution in [2.45, 2.75) is 26.7 Å².